The molecule has 2 rings (SSSR count). The second kappa shape index (κ2) is 4.75. The fraction of sp³-hybridized carbons (Fsp3) is 0.462. The number of hydrogen-bond donors (Lipinski definition) is 0. The first-order chi connectivity index (χ1) is 7.27. The molecule has 80 valence electrons. The fourth-order valence-corrected chi connectivity index (χ4v) is 2.29. The number of thiocarbonyl (C=S) groups is 1. The number of aryl methyl sites for hydroxylation is 1. The quantitative estimate of drug-likeness (QED) is 0.667. The maximum Gasteiger partial charge on any atom is 0.109 e. The summed E-state index contributed by atoms with van der Waals surface area (Å²) in [6.07, 6.45) is 3.92. The van der Waals surface area contributed by atoms with Crippen LogP contribution in [-0.4, -0.2) is 23.0 Å². The van der Waals surface area contributed by atoms with E-state index < -0.39 is 0 Å². The standard InChI is InChI=1S/C13H17NS/c1-11-5-7-12(8-6-11)13(15)14-9-3-2-4-10-14/h5-8H,2-4,9-10H2,1H3. The third kappa shape index (κ3) is 2.57. The molecule has 1 heterocycles. The van der Waals surface area contributed by atoms with Crippen molar-refractivity contribution in [1.29, 1.82) is 0 Å². The Morgan fingerprint density at radius 3 is 2.27 bits per heavy atom. The van der Waals surface area contributed by atoms with E-state index in [0.29, 0.717) is 0 Å². The predicted octanol–water partition coefficient (Wildman–Crippen LogP) is 3.16. The zero-order chi connectivity index (χ0) is 10.7. The normalized spacial score (nSPS) is 16.5. The van der Waals surface area contributed by atoms with E-state index in [2.05, 4.69) is 36.1 Å². The number of rotatable bonds is 1. The van der Waals surface area contributed by atoms with Gasteiger partial charge in [-0.05, 0) is 26.2 Å². The first kappa shape index (κ1) is 10.6. The van der Waals surface area contributed by atoms with Gasteiger partial charge in [-0.1, -0.05) is 42.0 Å². The molecule has 0 saturated carbocycles. The van der Waals surface area contributed by atoms with E-state index in [1.165, 1.54) is 30.4 Å². The molecule has 0 aliphatic carbocycles. The molecule has 1 fully saturated rings. The maximum atomic E-state index is 5.51. The van der Waals surface area contributed by atoms with Crippen molar-refractivity contribution >= 4 is 17.2 Å². The number of hydrogen-bond acceptors (Lipinski definition) is 1. The molecule has 0 amide bonds. The van der Waals surface area contributed by atoms with Crippen molar-refractivity contribution in [1.82, 2.24) is 4.90 Å². The van der Waals surface area contributed by atoms with Crippen LogP contribution in [0.5, 0.6) is 0 Å². The summed E-state index contributed by atoms with van der Waals surface area (Å²) in [5.41, 5.74) is 2.48. The molecule has 0 unspecified atom stereocenters. The molecule has 0 bridgehead atoms. The van der Waals surface area contributed by atoms with Crippen LogP contribution in [-0.2, 0) is 0 Å². The summed E-state index contributed by atoms with van der Waals surface area (Å²) < 4.78 is 0. The van der Waals surface area contributed by atoms with E-state index in [9.17, 15) is 0 Å². The lowest BCUT2D eigenvalue weighted by atomic mass is 10.1. The molecule has 0 N–H and O–H groups in total. The van der Waals surface area contributed by atoms with Crippen molar-refractivity contribution in [3.63, 3.8) is 0 Å². The van der Waals surface area contributed by atoms with Crippen LogP contribution in [0.25, 0.3) is 0 Å². The highest BCUT2D eigenvalue weighted by Crippen LogP contribution is 2.14. The SMILES string of the molecule is Cc1ccc(C(=S)N2CCCCC2)cc1. The van der Waals surface area contributed by atoms with Gasteiger partial charge in [-0.3, -0.25) is 0 Å². The third-order valence-corrected chi connectivity index (χ3v) is 3.44. The molecule has 1 nitrogen and oxygen atoms in total. The molecule has 0 spiro atoms. The Morgan fingerprint density at radius 1 is 1.07 bits per heavy atom. The number of likely N-dealkylation sites (tertiary alicyclic amines) is 1. The van der Waals surface area contributed by atoms with Crippen LogP contribution in [0.1, 0.15) is 30.4 Å². The topological polar surface area (TPSA) is 3.24 Å². The average molecular weight is 219 g/mol. The molecule has 2 heteroatoms. The molecule has 1 aromatic rings. The molecule has 1 saturated heterocycles. The predicted molar refractivity (Wildman–Crippen MR) is 68.3 cm³/mol. The van der Waals surface area contributed by atoms with E-state index >= 15 is 0 Å². The molecule has 0 radical (unpaired) electrons. The van der Waals surface area contributed by atoms with Gasteiger partial charge in [0.2, 0.25) is 0 Å². The first-order valence-electron chi connectivity index (χ1n) is 5.63. The van der Waals surface area contributed by atoms with Gasteiger partial charge in [-0.25, -0.2) is 0 Å². The lowest BCUT2D eigenvalue weighted by Crippen LogP contribution is -2.34. The van der Waals surface area contributed by atoms with Crippen LogP contribution in [0, 0.1) is 6.92 Å². The summed E-state index contributed by atoms with van der Waals surface area (Å²) in [4.78, 5) is 3.36. The Labute approximate surface area is 97.1 Å². The summed E-state index contributed by atoms with van der Waals surface area (Å²) in [6, 6.07) is 8.52. The third-order valence-electron chi connectivity index (χ3n) is 2.94. The second-order valence-corrected chi connectivity index (χ2v) is 4.61. The Balaban J connectivity index is 2.09. The van der Waals surface area contributed by atoms with E-state index in [1.807, 2.05) is 0 Å². The van der Waals surface area contributed by atoms with Gasteiger partial charge in [0.25, 0.3) is 0 Å². The molecule has 15 heavy (non-hydrogen) atoms. The van der Waals surface area contributed by atoms with Crippen molar-refractivity contribution in [2.24, 2.45) is 0 Å². The number of piperidine rings is 1. The summed E-state index contributed by atoms with van der Waals surface area (Å²) in [7, 11) is 0. The summed E-state index contributed by atoms with van der Waals surface area (Å²) in [5.74, 6) is 0. The highest BCUT2D eigenvalue weighted by Gasteiger charge is 2.14. The molecule has 0 aromatic heterocycles. The van der Waals surface area contributed by atoms with Crippen molar-refractivity contribution < 1.29 is 0 Å². The molecular weight excluding hydrogens is 202 g/mol. The summed E-state index contributed by atoms with van der Waals surface area (Å²) in [5, 5.41) is 0. The highest BCUT2D eigenvalue weighted by atomic mass is 32.1. The van der Waals surface area contributed by atoms with Crippen LogP contribution in [0.2, 0.25) is 0 Å². The largest absolute Gasteiger partial charge is 0.362 e. The highest BCUT2D eigenvalue weighted by molar-refractivity contribution is 7.80. The van der Waals surface area contributed by atoms with Gasteiger partial charge in [0, 0.05) is 18.7 Å². The van der Waals surface area contributed by atoms with Crippen LogP contribution < -0.4 is 0 Å². The molecule has 1 aromatic carbocycles. The zero-order valence-corrected chi connectivity index (χ0v) is 10.0. The van der Waals surface area contributed by atoms with Crippen LogP contribution in [0.4, 0.5) is 0 Å². The Bertz CT molecular complexity index is 336. The molecular formula is C13H17NS. The molecule has 0 atom stereocenters. The summed E-state index contributed by atoms with van der Waals surface area (Å²) >= 11 is 5.51. The van der Waals surface area contributed by atoms with E-state index in [1.54, 1.807) is 0 Å². The van der Waals surface area contributed by atoms with Crippen molar-refractivity contribution in [3.05, 3.63) is 35.4 Å². The summed E-state index contributed by atoms with van der Waals surface area (Å²) in [6.45, 7) is 4.37. The Morgan fingerprint density at radius 2 is 1.67 bits per heavy atom. The zero-order valence-electron chi connectivity index (χ0n) is 9.20. The molecule has 1 aliphatic heterocycles. The van der Waals surface area contributed by atoms with Crippen LogP contribution in [0.15, 0.2) is 24.3 Å². The van der Waals surface area contributed by atoms with E-state index in [0.717, 1.165) is 18.1 Å². The first-order valence-corrected chi connectivity index (χ1v) is 6.04. The Kier molecular flexibility index (Phi) is 3.37. The number of nitrogens with zero attached hydrogens (tertiary/aromatic N) is 1. The second-order valence-electron chi connectivity index (χ2n) is 4.22. The number of benzene rings is 1. The lowest BCUT2D eigenvalue weighted by molar-refractivity contribution is 0.347. The van der Waals surface area contributed by atoms with Gasteiger partial charge in [0.05, 0.1) is 0 Å². The van der Waals surface area contributed by atoms with Gasteiger partial charge >= 0.3 is 0 Å². The average Bonchev–Trinajstić information content (AvgIpc) is 2.30. The monoisotopic (exact) mass is 219 g/mol. The minimum Gasteiger partial charge on any atom is -0.362 e. The van der Waals surface area contributed by atoms with Gasteiger partial charge < -0.3 is 4.90 Å². The minimum atomic E-state index is 1.02. The van der Waals surface area contributed by atoms with Crippen molar-refractivity contribution in [2.75, 3.05) is 13.1 Å². The van der Waals surface area contributed by atoms with Crippen molar-refractivity contribution in [2.45, 2.75) is 26.2 Å². The van der Waals surface area contributed by atoms with Crippen molar-refractivity contribution in [3.8, 4) is 0 Å². The maximum absolute atomic E-state index is 5.51. The van der Waals surface area contributed by atoms with Gasteiger partial charge in [0.15, 0.2) is 0 Å². The lowest BCUT2D eigenvalue weighted by Gasteiger charge is -2.29. The van der Waals surface area contributed by atoms with Gasteiger partial charge in [-0.15, -0.1) is 0 Å². The van der Waals surface area contributed by atoms with Gasteiger partial charge in [0.1, 0.15) is 4.99 Å². The van der Waals surface area contributed by atoms with Crippen LogP contribution in [0.3, 0.4) is 0 Å². The van der Waals surface area contributed by atoms with E-state index in [-0.39, 0.29) is 0 Å². The van der Waals surface area contributed by atoms with E-state index in [4.69, 9.17) is 12.2 Å². The minimum absolute atomic E-state index is 1.02. The smallest absolute Gasteiger partial charge is 0.109 e. The van der Waals surface area contributed by atoms with Gasteiger partial charge in [-0.2, -0.15) is 0 Å². The molecule has 1 aliphatic rings. The Hall–Kier alpha value is -0.890. The van der Waals surface area contributed by atoms with Crippen LogP contribution >= 0.6 is 12.2 Å². The fourth-order valence-electron chi connectivity index (χ4n) is 1.98.